The fraction of sp³-hybridized carbons (Fsp3) is 0.111. The number of aromatic nitrogens is 2. The molecule has 0 radical (unpaired) electrons. The van der Waals surface area contributed by atoms with Crippen molar-refractivity contribution < 1.29 is 19.0 Å². The number of hydrogen-bond acceptors (Lipinski definition) is 6. The van der Waals surface area contributed by atoms with Crippen molar-refractivity contribution in [2.45, 2.75) is 6.42 Å². The van der Waals surface area contributed by atoms with E-state index in [0.717, 1.165) is 18.2 Å². The second-order valence-electron chi connectivity index (χ2n) is 5.30. The number of esters is 1. The summed E-state index contributed by atoms with van der Waals surface area (Å²) >= 11 is 0. The molecular weight excluding hydrogens is 325 g/mol. The molecule has 25 heavy (non-hydrogen) atoms. The molecule has 0 unspecified atom stereocenters. The van der Waals surface area contributed by atoms with Crippen LogP contribution in [0.25, 0.3) is 10.9 Å². The summed E-state index contributed by atoms with van der Waals surface area (Å²) in [5, 5.41) is 19.8. The molecule has 0 saturated carbocycles. The zero-order valence-electron chi connectivity index (χ0n) is 13.2. The standard InChI is InChI=1S/C18H12FN3O3/c1-25-18(24)16-17(23)15-13(14(8-20)22-16)7-11(9-21-15)6-10-2-4-12(19)5-3-10/h2-5,7,9,23H,6H2,1H3. The highest BCUT2D eigenvalue weighted by Gasteiger charge is 2.20. The molecule has 1 N–H and O–H groups in total. The molecule has 0 aliphatic heterocycles. The van der Waals surface area contributed by atoms with E-state index < -0.39 is 11.7 Å². The fourth-order valence-corrected chi connectivity index (χ4v) is 2.47. The summed E-state index contributed by atoms with van der Waals surface area (Å²) in [6.45, 7) is 0. The number of nitriles is 1. The Morgan fingerprint density at radius 2 is 2.04 bits per heavy atom. The lowest BCUT2D eigenvalue weighted by molar-refractivity contribution is 0.0590. The highest BCUT2D eigenvalue weighted by atomic mass is 19.1. The first kappa shape index (κ1) is 16.3. The van der Waals surface area contributed by atoms with E-state index in [9.17, 15) is 19.6 Å². The average Bonchev–Trinajstić information content (AvgIpc) is 2.63. The minimum Gasteiger partial charge on any atom is -0.504 e. The first-order valence-electron chi connectivity index (χ1n) is 7.28. The molecule has 3 rings (SSSR count). The number of benzene rings is 1. The highest BCUT2D eigenvalue weighted by molar-refractivity contribution is 5.99. The van der Waals surface area contributed by atoms with Crippen LogP contribution < -0.4 is 0 Å². The molecule has 124 valence electrons. The molecule has 1 aromatic carbocycles. The Balaban J connectivity index is 2.09. The molecule has 2 heterocycles. The molecule has 7 heteroatoms. The molecule has 2 aromatic heterocycles. The summed E-state index contributed by atoms with van der Waals surface area (Å²) in [5.41, 5.74) is 1.31. The summed E-state index contributed by atoms with van der Waals surface area (Å²) in [7, 11) is 1.15. The summed E-state index contributed by atoms with van der Waals surface area (Å²) in [6.07, 6.45) is 1.99. The Bertz CT molecular complexity index is 1010. The minimum atomic E-state index is -0.854. The van der Waals surface area contributed by atoms with Gasteiger partial charge in [0.1, 0.15) is 17.4 Å². The number of nitrogens with zero attached hydrogens (tertiary/aromatic N) is 3. The normalized spacial score (nSPS) is 10.4. The predicted octanol–water partition coefficient (Wildman–Crippen LogP) is 2.72. The largest absolute Gasteiger partial charge is 0.504 e. The molecule has 0 aliphatic carbocycles. The molecule has 0 saturated heterocycles. The van der Waals surface area contributed by atoms with Crippen LogP contribution in [0.3, 0.4) is 0 Å². The van der Waals surface area contributed by atoms with E-state index in [0.29, 0.717) is 11.8 Å². The molecule has 0 bridgehead atoms. The lowest BCUT2D eigenvalue weighted by atomic mass is 10.0. The van der Waals surface area contributed by atoms with Gasteiger partial charge in [-0.15, -0.1) is 0 Å². The summed E-state index contributed by atoms with van der Waals surface area (Å²) in [6, 6.07) is 9.59. The minimum absolute atomic E-state index is 0.0401. The van der Waals surface area contributed by atoms with Gasteiger partial charge in [0.15, 0.2) is 17.1 Å². The van der Waals surface area contributed by atoms with Gasteiger partial charge in [-0.25, -0.2) is 14.2 Å². The number of hydrogen-bond donors (Lipinski definition) is 1. The Morgan fingerprint density at radius 1 is 1.32 bits per heavy atom. The van der Waals surface area contributed by atoms with Crippen molar-refractivity contribution >= 4 is 16.9 Å². The number of carbonyl (C=O) groups excluding carboxylic acids is 1. The third kappa shape index (κ3) is 3.10. The molecule has 0 aliphatic rings. The number of fused-ring (bicyclic) bond motifs is 1. The molecule has 6 nitrogen and oxygen atoms in total. The number of aromatic hydroxyl groups is 1. The maximum absolute atomic E-state index is 13.0. The zero-order valence-corrected chi connectivity index (χ0v) is 13.2. The van der Waals surface area contributed by atoms with Gasteiger partial charge in [-0.1, -0.05) is 12.1 Å². The van der Waals surface area contributed by atoms with Crippen LogP contribution in [0.5, 0.6) is 5.75 Å². The first-order chi connectivity index (χ1) is 12.0. The van der Waals surface area contributed by atoms with Crippen LogP contribution in [0.4, 0.5) is 4.39 Å². The number of halogens is 1. The molecule has 0 fully saturated rings. The number of carbonyl (C=O) groups is 1. The van der Waals surface area contributed by atoms with E-state index in [1.165, 1.54) is 18.3 Å². The van der Waals surface area contributed by atoms with E-state index in [2.05, 4.69) is 14.7 Å². The summed E-state index contributed by atoms with van der Waals surface area (Å²) < 4.78 is 17.5. The lowest BCUT2D eigenvalue weighted by Gasteiger charge is -2.08. The monoisotopic (exact) mass is 337 g/mol. The van der Waals surface area contributed by atoms with Gasteiger partial charge in [0.05, 0.1) is 7.11 Å². The average molecular weight is 337 g/mol. The maximum Gasteiger partial charge on any atom is 0.360 e. The van der Waals surface area contributed by atoms with Gasteiger partial charge in [0, 0.05) is 11.6 Å². The van der Waals surface area contributed by atoms with Crippen molar-refractivity contribution in [3.05, 3.63) is 64.9 Å². The van der Waals surface area contributed by atoms with Gasteiger partial charge in [-0.05, 0) is 35.7 Å². The van der Waals surface area contributed by atoms with Crippen molar-refractivity contribution in [1.82, 2.24) is 9.97 Å². The summed E-state index contributed by atoms with van der Waals surface area (Å²) in [5.74, 6) is -1.61. The van der Waals surface area contributed by atoms with Crippen molar-refractivity contribution in [3.63, 3.8) is 0 Å². The topological polar surface area (TPSA) is 96.1 Å². The van der Waals surface area contributed by atoms with Crippen LogP contribution >= 0.6 is 0 Å². The Hall–Kier alpha value is -3.53. The van der Waals surface area contributed by atoms with Crippen molar-refractivity contribution in [3.8, 4) is 11.8 Å². The van der Waals surface area contributed by atoms with Crippen LogP contribution in [-0.2, 0) is 11.2 Å². The van der Waals surface area contributed by atoms with Gasteiger partial charge in [-0.3, -0.25) is 4.98 Å². The first-order valence-corrected chi connectivity index (χ1v) is 7.28. The highest BCUT2D eigenvalue weighted by Crippen LogP contribution is 2.29. The van der Waals surface area contributed by atoms with E-state index >= 15 is 0 Å². The van der Waals surface area contributed by atoms with Crippen molar-refractivity contribution in [1.29, 1.82) is 5.26 Å². The van der Waals surface area contributed by atoms with Crippen molar-refractivity contribution in [2.24, 2.45) is 0 Å². The zero-order chi connectivity index (χ0) is 18.0. The molecule has 0 spiro atoms. The van der Waals surface area contributed by atoms with Crippen LogP contribution in [0.15, 0.2) is 36.5 Å². The van der Waals surface area contributed by atoms with Gasteiger partial charge >= 0.3 is 5.97 Å². The predicted molar refractivity (Wildman–Crippen MR) is 86.5 cm³/mol. The van der Waals surface area contributed by atoms with E-state index in [4.69, 9.17) is 0 Å². The summed E-state index contributed by atoms with van der Waals surface area (Å²) in [4.78, 5) is 19.7. The van der Waals surface area contributed by atoms with Crippen LogP contribution in [0.2, 0.25) is 0 Å². The van der Waals surface area contributed by atoms with Crippen LogP contribution in [-0.4, -0.2) is 28.2 Å². The Labute approximate surface area is 142 Å². The molecular formula is C18H12FN3O3. The Kier molecular flexibility index (Phi) is 4.27. The van der Waals surface area contributed by atoms with Crippen LogP contribution in [0.1, 0.15) is 27.3 Å². The van der Waals surface area contributed by atoms with Crippen LogP contribution in [0, 0.1) is 17.1 Å². The molecule has 3 aromatic rings. The van der Waals surface area contributed by atoms with E-state index in [1.807, 2.05) is 6.07 Å². The van der Waals surface area contributed by atoms with Gasteiger partial charge in [0.2, 0.25) is 0 Å². The fourth-order valence-electron chi connectivity index (χ4n) is 2.47. The van der Waals surface area contributed by atoms with E-state index in [-0.39, 0.29) is 22.7 Å². The SMILES string of the molecule is COC(=O)c1nc(C#N)c2cc(Cc3ccc(F)cc3)cnc2c1O. The van der Waals surface area contributed by atoms with Gasteiger partial charge < -0.3 is 9.84 Å². The second-order valence-corrected chi connectivity index (χ2v) is 5.30. The third-order valence-corrected chi connectivity index (χ3v) is 3.68. The van der Waals surface area contributed by atoms with Crippen molar-refractivity contribution in [2.75, 3.05) is 7.11 Å². The second kappa shape index (κ2) is 6.53. The molecule has 0 atom stereocenters. The number of rotatable bonds is 3. The quantitative estimate of drug-likeness (QED) is 0.738. The maximum atomic E-state index is 13.0. The number of methoxy groups -OCH3 is 1. The Morgan fingerprint density at radius 3 is 2.68 bits per heavy atom. The van der Waals surface area contributed by atoms with E-state index in [1.54, 1.807) is 18.2 Å². The number of ether oxygens (including phenoxy) is 1. The number of pyridine rings is 2. The van der Waals surface area contributed by atoms with Gasteiger partial charge in [-0.2, -0.15) is 5.26 Å². The smallest absolute Gasteiger partial charge is 0.360 e. The third-order valence-electron chi connectivity index (χ3n) is 3.68. The van der Waals surface area contributed by atoms with Gasteiger partial charge in [0.25, 0.3) is 0 Å². The lowest BCUT2D eigenvalue weighted by Crippen LogP contribution is -2.07. The molecule has 0 amide bonds.